The molecule has 1 aromatic carbocycles. The van der Waals surface area contributed by atoms with Crippen molar-refractivity contribution >= 4 is 17.2 Å². The van der Waals surface area contributed by atoms with Gasteiger partial charge in [0.2, 0.25) is 0 Å². The van der Waals surface area contributed by atoms with Crippen LogP contribution in [0.3, 0.4) is 0 Å². The second-order valence-electron chi connectivity index (χ2n) is 8.05. The number of carbonyl (C=O) groups is 1. The first kappa shape index (κ1) is 22.6. The van der Waals surface area contributed by atoms with Gasteiger partial charge in [0.25, 0.3) is 0 Å². The Kier molecular flexibility index (Phi) is 6.50. The lowest BCUT2D eigenvalue weighted by atomic mass is 10.0. The van der Waals surface area contributed by atoms with Gasteiger partial charge in [0.1, 0.15) is 11.5 Å². The van der Waals surface area contributed by atoms with Crippen molar-refractivity contribution in [1.82, 2.24) is 9.97 Å². The summed E-state index contributed by atoms with van der Waals surface area (Å²) in [5.74, 6) is -2.02. The predicted octanol–water partition coefficient (Wildman–Crippen LogP) is 3.37. The van der Waals surface area contributed by atoms with E-state index >= 15 is 0 Å². The molecule has 1 aliphatic heterocycles. The molecule has 1 fully saturated rings. The Labute approximate surface area is 190 Å². The number of benzene rings is 1. The molecule has 7 nitrogen and oxygen atoms in total. The minimum atomic E-state index is -0.736. The van der Waals surface area contributed by atoms with Crippen LogP contribution in [0.1, 0.15) is 28.9 Å². The third-order valence-electron chi connectivity index (χ3n) is 5.74. The number of anilines is 2. The Hall–Kier alpha value is -3.59. The maximum absolute atomic E-state index is 14.5. The molecule has 0 radical (unpaired) electrons. The van der Waals surface area contributed by atoms with Gasteiger partial charge in [-0.05, 0) is 37.1 Å². The van der Waals surface area contributed by atoms with Gasteiger partial charge < -0.3 is 21.1 Å². The maximum atomic E-state index is 14.5. The molecule has 4 N–H and O–H groups in total. The molecule has 172 valence electrons. The number of piperidine rings is 1. The number of pyridine rings is 2. The van der Waals surface area contributed by atoms with Crippen molar-refractivity contribution in [2.75, 3.05) is 30.8 Å². The van der Waals surface area contributed by atoms with Crippen LogP contribution in [0.15, 0.2) is 42.7 Å². The van der Waals surface area contributed by atoms with Gasteiger partial charge in [-0.3, -0.25) is 9.78 Å². The van der Waals surface area contributed by atoms with Crippen molar-refractivity contribution in [3.63, 3.8) is 0 Å². The fourth-order valence-electron chi connectivity index (χ4n) is 4.07. The van der Waals surface area contributed by atoms with E-state index in [2.05, 4.69) is 14.9 Å². The lowest BCUT2D eigenvalue weighted by molar-refractivity contribution is 0.0989. The molecular formula is C24H25F2N5O2. The summed E-state index contributed by atoms with van der Waals surface area (Å²) in [6, 6.07) is 6.77. The molecule has 4 rings (SSSR count). The fourth-order valence-corrected chi connectivity index (χ4v) is 4.07. The van der Waals surface area contributed by atoms with Crippen molar-refractivity contribution in [3.05, 3.63) is 65.6 Å². The Morgan fingerprint density at radius 1 is 1.24 bits per heavy atom. The van der Waals surface area contributed by atoms with Gasteiger partial charge >= 0.3 is 0 Å². The largest absolute Gasteiger partial charge is 0.494 e. The summed E-state index contributed by atoms with van der Waals surface area (Å²) in [5.41, 5.74) is 13.9. The van der Waals surface area contributed by atoms with Gasteiger partial charge in [-0.25, -0.2) is 13.8 Å². The minimum absolute atomic E-state index is 0.00623. The highest BCUT2D eigenvalue weighted by Gasteiger charge is 2.22. The van der Waals surface area contributed by atoms with Crippen LogP contribution in [0.4, 0.5) is 20.2 Å². The Morgan fingerprint density at radius 2 is 2.06 bits per heavy atom. The summed E-state index contributed by atoms with van der Waals surface area (Å²) in [5, 5.41) is 0. The molecule has 3 heterocycles. The quantitative estimate of drug-likeness (QED) is 0.551. The van der Waals surface area contributed by atoms with Crippen LogP contribution >= 0.6 is 0 Å². The summed E-state index contributed by atoms with van der Waals surface area (Å²) in [7, 11) is 1.25. The zero-order valence-electron chi connectivity index (χ0n) is 18.2. The van der Waals surface area contributed by atoms with E-state index in [0.29, 0.717) is 6.54 Å². The molecule has 1 atom stereocenters. The second-order valence-corrected chi connectivity index (χ2v) is 8.05. The van der Waals surface area contributed by atoms with Crippen molar-refractivity contribution in [1.29, 1.82) is 0 Å². The molecule has 2 aromatic heterocycles. The Morgan fingerprint density at radius 3 is 2.82 bits per heavy atom. The second kappa shape index (κ2) is 9.50. The van der Waals surface area contributed by atoms with Gasteiger partial charge in [0, 0.05) is 60.8 Å². The SMILES string of the molecule is COc1cc(F)c(-c2ccc(N)c(C(=O)Cc3cnccc3N3CCC[C@H](N)C3)n2)cc1F. The monoisotopic (exact) mass is 453 g/mol. The first-order valence-electron chi connectivity index (χ1n) is 10.6. The third-order valence-corrected chi connectivity index (χ3v) is 5.74. The number of aromatic nitrogens is 2. The van der Waals surface area contributed by atoms with E-state index in [1.165, 1.54) is 19.2 Å². The van der Waals surface area contributed by atoms with Crippen LogP contribution in [-0.2, 0) is 6.42 Å². The summed E-state index contributed by atoms with van der Waals surface area (Å²) < 4.78 is 33.5. The first-order chi connectivity index (χ1) is 15.9. The van der Waals surface area contributed by atoms with Gasteiger partial charge in [-0.2, -0.15) is 0 Å². The van der Waals surface area contributed by atoms with Crippen LogP contribution < -0.4 is 21.1 Å². The van der Waals surface area contributed by atoms with Crippen LogP contribution in [0.25, 0.3) is 11.3 Å². The Bertz CT molecular complexity index is 1190. The average molecular weight is 453 g/mol. The van der Waals surface area contributed by atoms with Crippen molar-refractivity contribution in [2.24, 2.45) is 5.73 Å². The van der Waals surface area contributed by atoms with Crippen LogP contribution in [0.5, 0.6) is 5.75 Å². The van der Waals surface area contributed by atoms with E-state index < -0.39 is 11.6 Å². The number of ether oxygens (including phenoxy) is 1. The molecule has 3 aromatic rings. The predicted molar refractivity (Wildman–Crippen MR) is 122 cm³/mol. The van der Waals surface area contributed by atoms with E-state index in [4.69, 9.17) is 16.2 Å². The molecule has 0 spiro atoms. The number of methoxy groups -OCH3 is 1. The average Bonchev–Trinajstić information content (AvgIpc) is 2.81. The number of Topliss-reactive ketones (excluding diaryl/α,β-unsaturated/α-hetero) is 1. The van der Waals surface area contributed by atoms with Gasteiger partial charge in [0.15, 0.2) is 17.3 Å². The summed E-state index contributed by atoms with van der Waals surface area (Å²) in [6.07, 6.45) is 5.27. The molecular weight excluding hydrogens is 428 g/mol. The fraction of sp³-hybridized carbons (Fsp3) is 0.292. The van der Waals surface area contributed by atoms with Gasteiger partial charge in [0.05, 0.1) is 18.5 Å². The molecule has 0 amide bonds. The highest BCUT2D eigenvalue weighted by molar-refractivity contribution is 6.01. The lowest BCUT2D eigenvalue weighted by Gasteiger charge is -2.33. The van der Waals surface area contributed by atoms with Crippen LogP contribution in [0, 0.1) is 11.6 Å². The highest BCUT2D eigenvalue weighted by Crippen LogP contribution is 2.30. The smallest absolute Gasteiger partial charge is 0.187 e. The van der Waals surface area contributed by atoms with Crippen LogP contribution in [-0.4, -0.2) is 42.0 Å². The standard InChI is InChI=1S/C24H25F2N5O2/c1-33-23-11-17(25)16(10-18(23)26)20-5-4-19(28)24(30-20)22(32)9-14-12-29-7-6-21(14)31-8-2-3-15(27)13-31/h4-7,10-12,15H,2-3,8-9,13,27-28H2,1H3/t15-/m0/s1. The number of rotatable bonds is 6. The summed E-state index contributed by atoms with van der Waals surface area (Å²) >= 11 is 0. The normalized spacial score (nSPS) is 16.0. The molecule has 1 aliphatic rings. The van der Waals surface area contributed by atoms with E-state index in [0.717, 1.165) is 42.8 Å². The minimum Gasteiger partial charge on any atom is -0.494 e. The topological polar surface area (TPSA) is 107 Å². The van der Waals surface area contributed by atoms with E-state index in [1.54, 1.807) is 12.4 Å². The maximum Gasteiger partial charge on any atom is 0.187 e. The molecule has 1 saturated heterocycles. The van der Waals surface area contributed by atoms with Crippen molar-refractivity contribution in [2.45, 2.75) is 25.3 Å². The number of carbonyl (C=O) groups excluding carboxylic acids is 1. The number of nitrogen functional groups attached to an aromatic ring is 1. The molecule has 0 bridgehead atoms. The Balaban J connectivity index is 1.64. The lowest BCUT2D eigenvalue weighted by Crippen LogP contribution is -2.43. The highest BCUT2D eigenvalue weighted by atomic mass is 19.1. The number of hydrogen-bond donors (Lipinski definition) is 2. The molecule has 9 heteroatoms. The summed E-state index contributed by atoms with van der Waals surface area (Å²) in [4.78, 5) is 23.8. The number of ketones is 1. The zero-order chi connectivity index (χ0) is 23.5. The molecule has 0 unspecified atom stereocenters. The van der Waals surface area contributed by atoms with E-state index in [-0.39, 0.29) is 46.6 Å². The van der Waals surface area contributed by atoms with E-state index in [9.17, 15) is 13.6 Å². The number of nitrogens with two attached hydrogens (primary N) is 2. The molecule has 0 aliphatic carbocycles. The first-order valence-corrected chi connectivity index (χ1v) is 10.6. The van der Waals surface area contributed by atoms with E-state index in [1.807, 2.05) is 6.07 Å². The summed E-state index contributed by atoms with van der Waals surface area (Å²) in [6.45, 7) is 1.54. The number of halogens is 2. The molecule has 0 saturated carbocycles. The number of hydrogen-bond acceptors (Lipinski definition) is 7. The van der Waals surface area contributed by atoms with Crippen molar-refractivity contribution < 1.29 is 18.3 Å². The molecule has 33 heavy (non-hydrogen) atoms. The third kappa shape index (κ3) is 4.78. The number of nitrogens with zero attached hydrogens (tertiary/aromatic N) is 3. The van der Waals surface area contributed by atoms with Crippen LogP contribution in [0.2, 0.25) is 0 Å². The van der Waals surface area contributed by atoms with Crippen molar-refractivity contribution in [3.8, 4) is 17.0 Å². The van der Waals surface area contributed by atoms with Gasteiger partial charge in [-0.15, -0.1) is 0 Å². The zero-order valence-corrected chi connectivity index (χ0v) is 18.2. The van der Waals surface area contributed by atoms with Gasteiger partial charge in [-0.1, -0.05) is 0 Å².